The largest absolute Gasteiger partial charge is 0.436 e. The number of para-hydroxylation sites is 1. The molecule has 10 heteroatoms. The van der Waals surface area contributed by atoms with Gasteiger partial charge >= 0.3 is 12.1 Å². The third-order valence-corrected chi connectivity index (χ3v) is 11.4. The van der Waals surface area contributed by atoms with E-state index in [0.717, 1.165) is 81.6 Å². The fourth-order valence-corrected chi connectivity index (χ4v) is 8.27. The van der Waals surface area contributed by atoms with Gasteiger partial charge in [0.15, 0.2) is 6.10 Å². The van der Waals surface area contributed by atoms with Gasteiger partial charge < -0.3 is 29.7 Å². The molecule has 4 aliphatic rings. The quantitative estimate of drug-likeness (QED) is 0.402. The number of ether oxygens (including phenoxy) is 1. The molecule has 2 aromatic carbocycles. The van der Waals surface area contributed by atoms with Gasteiger partial charge in [-0.15, -0.1) is 0 Å². The summed E-state index contributed by atoms with van der Waals surface area (Å²) in [6.45, 7) is 15.1. The van der Waals surface area contributed by atoms with Crippen molar-refractivity contribution in [3.8, 4) is 0 Å². The summed E-state index contributed by atoms with van der Waals surface area (Å²) < 4.78 is 6.16. The number of likely N-dealkylation sites (tertiary alicyclic amines) is 2. The van der Waals surface area contributed by atoms with Gasteiger partial charge in [-0.1, -0.05) is 57.2 Å². The zero-order valence-corrected chi connectivity index (χ0v) is 29.9. The number of urea groups is 1. The first kappa shape index (κ1) is 35.2. The van der Waals surface area contributed by atoms with Gasteiger partial charge in [0.05, 0.1) is 0 Å². The summed E-state index contributed by atoms with van der Waals surface area (Å²) in [6.07, 6.45) is 5.00. The first-order chi connectivity index (χ1) is 23.9. The van der Waals surface area contributed by atoms with E-state index in [1.165, 1.54) is 11.1 Å². The first-order valence-corrected chi connectivity index (χ1v) is 18.8. The number of fused-ring (bicyclic) bond motifs is 1. The number of likely N-dealkylation sites (N-methyl/N-ethyl adjacent to an activating group) is 1. The van der Waals surface area contributed by atoms with Crippen LogP contribution in [0.4, 0.5) is 15.3 Å². The number of nitrogens with one attached hydrogen (secondary N) is 1. The molecular formula is C39H56N6O4. The van der Waals surface area contributed by atoms with Crippen LogP contribution in [0.15, 0.2) is 42.5 Å². The Kier molecular flexibility index (Phi) is 11.8. The average molecular weight is 673 g/mol. The molecular weight excluding hydrogens is 616 g/mol. The minimum atomic E-state index is -0.873. The highest BCUT2D eigenvalue weighted by atomic mass is 16.6. The molecule has 49 heavy (non-hydrogen) atoms. The molecule has 10 nitrogen and oxygen atoms in total. The van der Waals surface area contributed by atoms with Crippen molar-refractivity contribution in [2.45, 2.75) is 90.3 Å². The third kappa shape index (κ3) is 8.40. The van der Waals surface area contributed by atoms with Crippen LogP contribution in [0.3, 0.4) is 0 Å². The summed E-state index contributed by atoms with van der Waals surface area (Å²) in [4.78, 5) is 51.6. The normalized spacial score (nSPS) is 20.8. The van der Waals surface area contributed by atoms with E-state index >= 15 is 0 Å². The second-order valence-corrected chi connectivity index (χ2v) is 14.2. The molecule has 0 unspecified atom stereocenters. The van der Waals surface area contributed by atoms with Crippen molar-refractivity contribution in [3.63, 3.8) is 0 Å². The van der Waals surface area contributed by atoms with Gasteiger partial charge in [-0.2, -0.15) is 0 Å². The summed E-state index contributed by atoms with van der Waals surface area (Å²) in [7, 11) is 0. The Labute approximate surface area is 292 Å². The van der Waals surface area contributed by atoms with Crippen molar-refractivity contribution in [2.24, 2.45) is 0 Å². The molecule has 1 N–H and O–H groups in total. The molecule has 2 aromatic rings. The minimum Gasteiger partial charge on any atom is -0.436 e. The van der Waals surface area contributed by atoms with E-state index in [4.69, 9.17) is 4.74 Å². The van der Waals surface area contributed by atoms with Crippen LogP contribution in [0.2, 0.25) is 0 Å². The summed E-state index contributed by atoms with van der Waals surface area (Å²) >= 11 is 0. The van der Waals surface area contributed by atoms with Crippen molar-refractivity contribution in [3.05, 3.63) is 64.7 Å². The molecule has 4 aliphatic heterocycles. The fraction of sp³-hybridized carbons (Fsp3) is 0.615. The van der Waals surface area contributed by atoms with Crippen LogP contribution in [-0.2, 0) is 35.2 Å². The van der Waals surface area contributed by atoms with Gasteiger partial charge in [0.2, 0.25) is 0 Å². The molecule has 3 saturated heterocycles. The van der Waals surface area contributed by atoms with Crippen LogP contribution in [-0.4, -0.2) is 126 Å². The average Bonchev–Trinajstić information content (AvgIpc) is 3.32. The second-order valence-electron chi connectivity index (χ2n) is 14.2. The Morgan fingerprint density at radius 3 is 2.16 bits per heavy atom. The Balaban J connectivity index is 1.08. The number of piperazine rings is 1. The highest BCUT2D eigenvalue weighted by Crippen LogP contribution is 2.26. The van der Waals surface area contributed by atoms with E-state index < -0.39 is 12.2 Å². The number of carbonyl (C=O) groups is 3. The van der Waals surface area contributed by atoms with E-state index in [2.05, 4.69) is 60.2 Å². The lowest BCUT2D eigenvalue weighted by Gasteiger charge is -2.43. The molecule has 0 aromatic heterocycles. The van der Waals surface area contributed by atoms with Crippen LogP contribution in [0, 0.1) is 0 Å². The molecule has 0 spiro atoms. The van der Waals surface area contributed by atoms with E-state index in [1.807, 2.05) is 28.0 Å². The SMILES string of the molecule is CCc1ccc(C[C@@H](OC(=O)N2CCC(N3CCc4ccccc4NC3=O)CC2)C(=O)N2CCC(N3CCN(CC)CC3)CC2)cc1CC. The minimum absolute atomic E-state index is 0.0478. The maximum absolute atomic E-state index is 14.1. The number of rotatable bonds is 9. The van der Waals surface area contributed by atoms with E-state index in [1.54, 1.807) is 4.90 Å². The highest BCUT2D eigenvalue weighted by molar-refractivity contribution is 5.91. The lowest BCUT2D eigenvalue weighted by molar-refractivity contribution is -0.142. The Morgan fingerprint density at radius 1 is 0.796 bits per heavy atom. The zero-order chi connectivity index (χ0) is 34.3. The molecule has 6 rings (SSSR count). The smallest absolute Gasteiger partial charge is 0.410 e. The van der Waals surface area contributed by atoms with Crippen molar-refractivity contribution in [1.82, 2.24) is 24.5 Å². The summed E-state index contributed by atoms with van der Waals surface area (Å²) in [5.41, 5.74) is 5.64. The number of anilines is 1. The molecule has 3 fully saturated rings. The van der Waals surface area contributed by atoms with Crippen molar-refractivity contribution in [1.29, 1.82) is 0 Å². The number of amides is 4. The molecule has 4 amide bonds. The number of hydrogen-bond acceptors (Lipinski definition) is 6. The number of aryl methyl sites for hydroxylation is 2. The summed E-state index contributed by atoms with van der Waals surface area (Å²) in [5.74, 6) is -0.0871. The highest BCUT2D eigenvalue weighted by Gasteiger charge is 2.36. The van der Waals surface area contributed by atoms with Crippen LogP contribution >= 0.6 is 0 Å². The summed E-state index contributed by atoms with van der Waals surface area (Å²) in [6, 6.07) is 14.9. The molecule has 0 radical (unpaired) electrons. The van der Waals surface area contributed by atoms with Crippen molar-refractivity contribution in [2.75, 3.05) is 70.8 Å². The predicted octanol–water partition coefficient (Wildman–Crippen LogP) is 5.04. The van der Waals surface area contributed by atoms with E-state index in [0.29, 0.717) is 58.0 Å². The first-order valence-electron chi connectivity index (χ1n) is 18.8. The number of piperidine rings is 2. The predicted molar refractivity (Wildman–Crippen MR) is 193 cm³/mol. The van der Waals surface area contributed by atoms with E-state index in [-0.39, 0.29) is 18.0 Å². The molecule has 266 valence electrons. The lowest BCUT2D eigenvalue weighted by atomic mass is 9.96. The maximum Gasteiger partial charge on any atom is 0.410 e. The topological polar surface area (TPSA) is 88.7 Å². The second kappa shape index (κ2) is 16.4. The maximum atomic E-state index is 14.1. The molecule has 0 aliphatic carbocycles. The van der Waals surface area contributed by atoms with E-state index in [9.17, 15) is 14.4 Å². The van der Waals surface area contributed by atoms with Crippen LogP contribution in [0.25, 0.3) is 0 Å². The monoisotopic (exact) mass is 672 g/mol. The fourth-order valence-electron chi connectivity index (χ4n) is 8.27. The van der Waals surface area contributed by atoms with Gasteiger partial charge in [0, 0.05) is 83.1 Å². The zero-order valence-electron chi connectivity index (χ0n) is 29.9. The van der Waals surface area contributed by atoms with Gasteiger partial charge in [-0.05, 0) is 79.8 Å². The van der Waals surface area contributed by atoms with Gasteiger partial charge in [-0.3, -0.25) is 9.69 Å². The number of benzene rings is 2. The standard InChI is InChI=1S/C39H56N6O4/c1-4-30-12-11-29(27-31(30)5-2)28-36(37(46)43-18-14-33(15-19-43)42-25-23-41(6-3)24-26-42)49-39(48)44-20-16-34(17-21-44)45-22-13-32-9-7-8-10-35(32)40-38(45)47/h7-12,27,33-34,36H,4-6,13-26,28H2,1-3H3,(H,40,47)/t36-/m1/s1. The third-order valence-electron chi connectivity index (χ3n) is 11.4. The molecule has 1 atom stereocenters. The van der Waals surface area contributed by atoms with Crippen molar-refractivity contribution >= 4 is 23.7 Å². The van der Waals surface area contributed by atoms with Crippen molar-refractivity contribution < 1.29 is 19.1 Å². The number of carbonyl (C=O) groups excluding carboxylic acids is 3. The van der Waals surface area contributed by atoms with Crippen LogP contribution < -0.4 is 5.32 Å². The number of hydrogen-bond donors (Lipinski definition) is 1. The molecule has 4 heterocycles. The molecule has 0 bridgehead atoms. The van der Waals surface area contributed by atoms with Gasteiger partial charge in [0.25, 0.3) is 5.91 Å². The molecule has 0 saturated carbocycles. The Hall–Kier alpha value is -3.63. The van der Waals surface area contributed by atoms with Crippen LogP contribution in [0.5, 0.6) is 0 Å². The van der Waals surface area contributed by atoms with Gasteiger partial charge in [-0.25, -0.2) is 9.59 Å². The Bertz CT molecular complexity index is 1440. The summed E-state index contributed by atoms with van der Waals surface area (Å²) in [5, 5.41) is 3.07. The lowest BCUT2D eigenvalue weighted by Crippen LogP contribution is -2.55. The Morgan fingerprint density at radius 2 is 1.47 bits per heavy atom. The number of nitrogens with zero attached hydrogens (tertiary/aromatic N) is 5. The van der Waals surface area contributed by atoms with Gasteiger partial charge in [0.1, 0.15) is 0 Å². The van der Waals surface area contributed by atoms with Crippen LogP contribution in [0.1, 0.15) is 68.7 Å².